The van der Waals surface area contributed by atoms with Crippen LogP contribution in [0.2, 0.25) is 0 Å². The van der Waals surface area contributed by atoms with Gasteiger partial charge in [0, 0.05) is 13.0 Å². The van der Waals surface area contributed by atoms with Gasteiger partial charge >= 0.3 is 0 Å². The minimum atomic E-state index is 0.0899. The summed E-state index contributed by atoms with van der Waals surface area (Å²) >= 11 is 0. The van der Waals surface area contributed by atoms with Gasteiger partial charge < -0.3 is 10.4 Å². The van der Waals surface area contributed by atoms with Crippen LogP contribution in [-0.4, -0.2) is 18.1 Å². The van der Waals surface area contributed by atoms with Crippen LogP contribution in [0, 0.1) is 5.92 Å². The first-order valence-corrected chi connectivity index (χ1v) is 5.23. The molecule has 0 fully saturated rings. The summed E-state index contributed by atoms with van der Waals surface area (Å²) in [5.74, 6) is 0.521. The molecule has 0 aliphatic heterocycles. The van der Waals surface area contributed by atoms with Crippen LogP contribution in [0.4, 0.5) is 0 Å². The molecule has 1 atom stereocenters. The number of hydrogen-bond donors (Lipinski definition) is 2. The molecule has 0 heterocycles. The van der Waals surface area contributed by atoms with Gasteiger partial charge in [-0.3, -0.25) is 4.79 Å². The Kier molecular flexibility index (Phi) is 2.62. The fourth-order valence-electron chi connectivity index (χ4n) is 2.17. The van der Waals surface area contributed by atoms with Crippen LogP contribution < -0.4 is 5.32 Å². The molecule has 0 saturated heterocycles. The number of phenolic OH excluding ortho intramolecular Hbond substituents is 1. The number of nitrogens with one attached hydrogen (secondary N) is 1. The van der Waals surface area contributed by atoms with Gasteiger partial charge in [-0.1, -0.05) is 6.07 Å². The van der Waals surface area contributed by atoms with Crippen molar-refractivity contribution in [2.75, 3.05) is 7.05 Å². The Morgan fingerprint density at radius 3 is 3.00 bits per heavy atom. The monoisotopic (exact) mass is 205 g/mol. The Labute approximate surface area is 89.1 Å². The van der Waals surface area contributed by atoms with Crippen LogP contribution in [-0.2, 0) is 17.6 Å². The van der Waals surface area contributed by atoms with Crippen LogP contribution in [0.1, 0.15) is 17.5 Å². The summed E-state index contributed by atoms with van der Waals surface area (Å²) in [4.78, 5) is 11.5. The van der Waals surface area contributed by atoms with Gasteiger partial charge in [0.15, 0.2) is 0 Å². The maximum Gasteiger partial charge on any atom is 0.223 e. The summed E-state index contributed by atoms with van der Waals surface area (Å²) < 4.78 is 0. The smallest absolute Gasteiger partial charge is 0.223 e. The lowest BCUT2D eigenvalue weighted by molar-refractivity contribution is -0.124. The lowest BCUT2D eigenvalue weighted by Gasteiger charge is -2.23. The molecule has 15 heavy (non-hydrogen) atoms. The molecule has 0 aromatic heterocycles. The first-order chi connectivity index (χ1) is 7.20. The second-order valence-corrected chi connectivity index (χ2v) is 4.01. The van der Waals surface area contributed by atoms with Gasteiger partial charge in [-0.2, -0.15) is 0 Å². The molecule has 3 nitrogen and oxygen atoms in total. The highest BCUT2D eigenvalue weighted by atomic mass is 16.3. The van der Waals surface area contributed by atoms with E-state index < -0.39 is 0 Å². The van der Waals surface area contributed by atoms with Gasteiger partial charge in [-0.15, -0.1) is 0 Å². The fourth-order valence-corrected chi connectivity index (χ4v) is 2.17. The number of fused-ring (bicyclic) bond motifs is 1. The van der Waals surface area contributed by atoms with Crippen LogP contribution in [0.25, 0.3) is 0 Å². The van der Waals surface area contributed by atoms with Gasteiger partial charge in [0.2, 0.25) is 5.91 Å². The zero-order valence-corrected chi connectivity index (χ0v) is 8.79. The van der Waals surface area contributed by atoms with Crippen molar-refractivity contribution in [3.63, 3.8) is 0 Å². The number of carbonyl (C=O) groups excluding carboxylic acids is 1. The molecule has 2 rings (SSSR count). The Morgan fingerprint density at radius 1 is 1.47 bits per heavy atom. The molecular weight excluding hydrogens is 190 g/mol. The molecule has 1 aromatic rings. The van der Waals surface area contributed by atoms with E-state index in [1.54, 1.807) is 19.2 Å². The standard InChI is InChI=1S/C12H15NO2/c1-13-12(15)10-3-2-9-7-11(14)5-4-8(9)6-10/h4-5,7,10,14H,2-3,6H2,1H3,(H,13,15). The summed E-state index contributed by atoms with van der Waals surface area (Å²) in [6.45, 7) is 0. The van der Waals surface area contributed by atoms with E-state index in [1.807, 2.05) is 6.07 Å². The average molecular weight is 205 g/mol. The summed E-state index contributed by atoms with van der Waals surface area (Å²) in [5.41, 5.74) is 2.36. The summed E-state index contributed by atoms with van der Waals surface area (Å²) in [7, 11) is 1.68. The highest BCUT2D eigenvalue weighted by Crippen LogP contribution is 2.28. The number of rotatable bonds is 1. The van der Waals surface area contributed by atoms with E-state index in [0.29, 0.717) is 5.75 Å². The summed E-state index contributed by atoms with van der Waals surface area (Å²) in [6.07, 6.45) is 2.53. The third kappa shape index (κ3) is 1.96. The molecule has 0 radical (unpaired) electrons. The fraction of sp³-hybridized carbons (Fsp3) is 0.417. The average Bonchev–Trinajstić information content (AvgIpc) is 2.27. The molecular formula is C12H15NO2. The normalized spacial score (nSPS) is 19.4. The second kappa shape index (κ2) is 3.93. The number of benzene rings is 1. The van der Waals surface area contributed by atoms with Crippen molar-refractivity contribution in [3.8, 4) is 5.75 Å². The highest BCUT2D eigenvalue weighted by molar-refractivity contribution is 5.79. The van der Waals surface area contributed by atoms with Crippen LogP contribution in [0.15, 0.2) is 18.2 Å². The second-order valence-electron chi connectivity index (χ2n) is 4.01. The quantitative estimate of drug-likeness (QED) is 0.724. The van der Waals surface area contributed by atoms with Crippen molar-refractivity contribution >= 4 is 5.91 Å². The Morgan fingerprint density at radius 2 is 2.27 bits per heavy atom. The molecule has 1 unspecified atom stereocenters. The van der Waals surface area contributed by atoms with Crippen LogP contribution in [0.5, 0.6) is 5.75 Å². The topological polar surface area (TPSA) is 49.3 Å². The number of aromatic hydroxyl groups is 1. The van der Waals surface area contributed by atoms with Crippen molar-refractivity contribution in [3.05, 3.63) is 29.3 Å². The number of carbonyl (C=O) groups is 1. The molecule has 80 valence electrons. The lowest BCUT2D eigenvalue weighted by atomic mass is 9.83. The van der Waals surface area contributed by atoms with Gasteiger partial charge in [-0.05, 0) is 42.5 Å². The summed E-state index contributed by atoms with van der Waals surface area (Å²) in [6, 6.07) is 5.40. The Bertz CT molecular complexity index is 387. The van der Waals surface area contributed by atoms with E-state index in [1.165, 1.54) is 11.1 Å². The minimum Gasteiger partial charge on any atom is -0.508 e. The molecule has 0 spiro atoms. The zero-order chi connectivity index (χ0) is 10.8. The SMILES string of the molecule is CNC(=O)C1CCc2cc(O)ccc2C1. The third-order valence-corrected chi connectivity index (χ3v) is 3.04. The Hall–Kier alpha value is -1.51. The largest absolute Gasteiger partial charge is 0.508 e. The van der Waals surface area contributed by atoms with Gasteiger partial charge in [0.05, 0.1) is 0 Å². The number of aryl methyl sites for hydroxylation is 1. The van der Waals surface area contributed by atoms with Crippen molar-refractivity contribution in [2.24, 2.45) is 5.92 Å². The summed E-state index contributed by atoms with van der Waals surface area (Å²) in [5, 5.41) is 12.0. The predicted octanol–water partition coefficient (Wildman–Crippen LogP) is 1.24. The van der Waals surface area contributed by atoms with Crippen LogP contribution >= 0.6 is 0 Å². The number of hydrogen-bond acceptors (Lipinski definition) is 2. The van der Waals surface area contributed by atoms with E-state index >= 15 is 0 Å². The van der Waals surface area contributed by atoms with Crippen molar-refractivity contribution in [1.82, 2.24) is 5.32 Å². The van der Waals surface area contributed by atoms with E-state index in [9.17, 15) is 9.90 Å². The minimum absolute atomic E-state index is 0.0899. The van der Waals surface area contributed by atoms with Gasteiger partial charge in [0.1, 0.15) is 5.75 Å². The molecule has 1 aromatic carbocycles. The van der Waals surface area contributed by atoms with Gasteiger partial charge in [-0.25, -0.2) is 0 Å². The van der Waals surface area contributed by atoms with E-state index in [0.717, 1.165) is 19.3 Å². The zero-order valence-electron chi connectivity index (χ0n) is 8.79. The Balaban J connectivity index is 2.20. The van der Waals surface area contributed by atoms with Crippen molar-refractivity contribution in [1.29, 1.82) is 0 Å². The van der Waals surface area contributed by atoms with E-state index in [-0.39, 0.29) is 11.8 Å². The lowest BCUT2D eigenvalue weighted by Crippen LogP contribution is -2.31. The molecule has 3 heteroatoms. The molecule has 1 amide bonds. The first-order valence-electron chi connectivity index (χ1n) is 5.23. The maximum absolute atomic E-state index is 11.5. The van der Waals surface area contributed by atoms with Crippen molar-refractivity contribution < 1.29 is 9.90 Å². The predicted molar refractivity (Wildman–Crippen MR) is 57.7 cm³/mol. The molecule has 0 saturated carbocycles. The first kappa shape index (κ1) is 10.0. The van der Waals surface area contributed by atoms with Gasteiger partial charge in [0.25, 0.3) is 0 Å². The van der Waals surface area contributed by atoms with Crippen molar-refractivity contribution in [2.45, 2.75) is 19.3 Å². The molecule has 0 bridgehead atoms. The maximum atomic E-state index is 11.5. The van der Waals surface area contributed by atoms with E-state index in [2.05, 4.69) is 5.32 Å². The third-order valence-electron chi connectivity index (χ3n) is 3.04. The van der Waals surface area contributed by atoms with E-state index in [4.69, 9.17) is 0 Å². The highest BCUT2D eigenvalue weighted by Gasteiger charge is 2.23. The van der Waals surface area contributed by atoms with Crippen LogP contribution in [0.3, 0.4) is 0 Å². The molecule has 1 aliphatic carbocycles. The number of phenols is 1. The molecule has 2 N–H and O–H groups in total. The number of amides is 1. The molecule has 1 aliphatic rings.